The first-order valence-corrected chi connectivity index (χ1v) is 6.12. The minimum Gasteiger partial charge on any atom is -0.314 e. The van der Waals surface area contributed by atoms with Crippen LogP contribution in [-0.2, 0) is 13.0 Å². The zero-order valence-corrected chi connectivity index (χ0v) is 9.93. The lowest BCUT2D eigenvalue weighted by molar-refractivity contribution is 0.391. The highest BCUT2D eigenvalue weighted by molar-refractivity contribution is 6.31. The molecule has 0 aromatic carbocycles. The van der Waals surface area contributed by atoms with Gasteiger partial charge in [0.1, 0.15) is 0 Å². The average molecular weight is 228 g/mol. The van der Waals surface area contributed by atoms with Gasteiger partial charge in [0.05, 0.1) is 16.9 Å². The Morgan fingerprint density at radius 2 is 2.47 bits per heavy atom. The van der Waals surface area contributed by atoms with Gasteiger partial charge in [-0.3, -0.25) is 4.68 Å². The van der Waals surface area contributed by atoms with Crippen LogP contribution in [0.15, 0.2) is 6.20 Å². The maximum Gasteiger partial charge on any atom is 0.0818 e. The molecule has 15 heavy (non-hydrogen) atoms. The van der Waals surface area contributed by atoms with Gasteiger partial charge in [-0.15, -0.1) is 0 Å². The van der Waals surface area contributed by atoms with Crippen molar-refractivity contribution in [2.45, 2.75) is 45.2 Å². The Labute approximate surface area is 95.8 Å². The quantitative estimate of drug-likeness (QED) is 0.859. The third kappa shape index (κ3) is 2.52. The van der Waals surface area contributed by atoms with E-state index >= 15 is 0 Å². The van der Waals surface area contributed by atoms with Gasteiger partial charge in [0.2, 0.25) is 0 Å². The largest absolute Gasteiger partial charge is 0.314 e. The van der Waals surface area contributed by atoms with Gasteiger partial charge in [-0.2, -0.15) is 5.10 Å². The Balaban J connectivity index is 2.04. The van der Waals surface area contributed by atoms with E-state index in [1.807, 2.05) is 4.68 Å². The van der Waals surface area contributed by atoms with Crippen molar-refractivity contribution < 1.29 is 0 Å². The van der Waals surface area contributed by atoms with Crippen molar-refractivity contribution >= 4 is 11.6 Å². The van der Waals surface area contributed by atoms with Gasteiger partial charge >= 0.3 is 0 Å². The molecule has 1 saturated heterocycles. The van der Waals surface area contributed by atoms with E-state index in [0.717, 1.165) is 24.5 Å². The Bertz CT molecular complexity index is 316. The summed E-state index contributed by atoms with van der Waals surface area (Å²) in [4.78, 5) is 0. The number of aromatic nitrogens is 2. The topological polar surface area (TPSA) is 29.9 Å². The van der Waals surface area contributed by atoms with E-state index in [2.05, 4.69) is 17.3 Å². The summed E-state index contributed by atoms with van der Waals surface area (Å²) in [5, 5.41) is 8.60. The van der Waals surface area contributed by atoms with Crippen molar-refractivity contribution in [1.29, 1.82) is 0 Å². The fourth-order valence-electron chi connectivity index (χ4n) is 2.19. The fraction of sp³-hybridized carbons (Fsp3) is 0.727. The molecule has 0 radical (unpaired) electrons. The summed E-state index contributed by atoms with van der Waals surface area (Å²) in [6, 6.07) is 0.582. The lowest BCUT2D eigenvalue weighted by Crippen LogP contribution is -2.36. The molecule has 1 aromatic rings. The molecule has 84 valence electrons. The van der Waals surface area contributed by atoms with E-state index in [1.54, 1.807) is 6.20 Å². The molecule has 0 spiro atoms. The molecule has 1 atom stereocenters. The molecule has 0 amide bonds. The summed E-state index contributed by atoms with van der Waals surface area (Å²) in [5.41, 5.74) is 1.18. The van der Waals surface area contributed by atoms with E-state index in [0.29, 0.717) is 6.04 Å². The first-order valence-electron chi connectivity index (χ1n) is 5.75. The van der Waals surface area contributed by atoms with Crippen LogP contribution >= 0.6 is 11.6 Å². The van der Waals surface area contributed by atoms with E-state index in [-0.39, 0.29) is 0 Å². The molecule has 2 rings (SSSR count). The minimum absolute atomic E-state index is 0.582. The van der Waals surface area contributed by atoms with Crippen LogP contribution in [0.2, 0.25) is 5.02 Å². The van der Waals surface area contributed by atoms with Gasteiger partial charge in [-0.1, -0.05) is 18.0 Å². The SMILES string of the molecule is CCn1ncc(Cl)c1CC1CCCCN1. The van der Waals surface area contributed by atoms with E-state index in [4.69, 9.17) is 11.6 Å². The normalized spacial score (nSPS) is 21.9. The van der Waals surface area contributed by atoms with Crippen LogP contribution in [0.4, 0.5) is 0 Å². The van der Waals surface area contributed by atoms with Crippen LogP contribution in [-0.4, -0.2) is 22.4 Å². The summed E-state index contributed by atoms with van der Waals surface area (Å²) in [7, 11) is 0. The minimum atomic E-state index is 0.582. The summed E-state index contributed by atoms with van der Waals surface area (Å²) in [5.74, 6) is 0. The number of nitrogens with one attached hydrogen (secondary N) is 1. The van der Waals surface area contributed by atoms with Crippen LogP contribution in [0.3, 0.4) is 0 Å². The molecule has 1 unspecified atom stereocenters. The van der Waals surface area contributed by atoms with Crippen molar-refractivity contribution in [3.8, 4) is 0 Å². The lowest BCUT2D eigenvalue weighted by atomic mass is 10.0. The number of nitrogens with zero attached hydrogens (tertiary/aromatic N) is 2. The lowest BCUT2D eigenvalue weighted by Gasteiger charge is -2.23. The first-order chi connectivity index (χ1) is 7.31. The highest BCUT2D eigenvalue weighted by atomic mass is 35.5. The van der Waals surface area contributed by atoms with Crippen LogP contribution < -0.4 is 5.32 Å². The van der Waals surface area contributed by atoms with Crippen LogP contribution in [0, 0.1) is 0 Å². The Morgan fingerprint density at radius 1 is 1.60 bits per heavy atom. The molecule has 4 heteroatoms. The van der Waals surface area contributed by atoms with Gasteiger partial charge in [-0.25, -0.2) is 0 Å². The molecular formula is C11H18ClN3. The molecule has 1 fully saturated rings. The molecule has 1 aromatic heterocycles. The van der Waals surface area contributed by atoms with E-state index in [1.165, 1.54) is 25.0 Å². The number of rotatable bonds is 3. The second-order valence-corrected chi connectivity index (χ2v) is 4.51. The Morgan fingerprint density at radius 3 is 3.13 bits per heavy atom. The van der Waals surface area contributed by atoms with Gasteiger partial charge < -0.3 is 5.32 Å². The molecule has 0 saturated carbocycles. The summed E-state index contributed by atoms with van der Waals surface area (Å²) in [6.07, 6.45) is 6.65. The van der Waals surface area contributed by atoms with Crippen molar-refractivity contribution in [2.24, 2.45) is 0 Å². The predicted octanol–water partition coefficient (Wildman–Crippen LogP) is 2.24. The monoisotopic (exact) mass is 227 g/mol. The van der Waals surface area contributed by atoms with Crippen molar-refractivity contribution in [1.82, 2.24) is 15.1 Å². The number of aryl methyl sites for hydroxylation is 1. The molecule has 3 nitrogen and oxygen atoms in total. The number of halogens is 1. The van der Waals surface area contributed by atoms with E-state index in [9.17, 15) is 0 Å². The molecule has 1 N–H and O–H groups in total. The summed E-state index contributed by atoms with van der Waals surface area (Å²) >= 11 is 6.13. The number of hydrogen-bond acceptors (Lipinski definition) is 2. The summed E-state index contributed by atoms with van der Waals surface area (Å²) in [6.45, 7) is 4.14. The van der Waals surface area contributed by atoms with Crippen molar-refractivity contribution in [2.75, 3.05) is 6.54 Å². The van der Waals surface area contributed by atoms with Crippen LogP contribution in [0.1, 0.15) is 31.9 Å². The Hall–Kier alpha value is -0.540. The van der Waals surface area contributed by atoms with Crippen molar-refractivity contribution in [3.63, 3.8) is 0 Å². The molecule has 2 heterocycles. The molecule has 0 aliphatic carbocycles. The molecular weight excluding hydrogens is 210 g/mol. The number of hydrogen-bond donors (Lipinski definition) is 1. The third-order valence-electron chi connectivity index (χ3n) is 3.05. The van der Waals surface area contributed by atoms with Gasteiger partial charge in [0.15, 0.2) is 0 Å². The zero-order chi connectivity index (χ0) is 10.7. The third-order valence-corrected chi connectivity index (χ3v) is 3.37. The van der Waals surface area contributed by atoms with Gasteiger partial charge in [0, 0.05) is 19.0 Å². The number of piperidine rings is 1. The average Bonchev–Trinajstić information content (AvgIpc) is 2.62. The Kier molecular flexibility index (Phi) is 3.65. The van der Waals surface area contributed by atoms with Gasteiger partial charge in [0.25, 0.3) is 0 Å². The second-order valence-electron chi connectivity index (χ2n) is 4.11. The molecule has 0 bridgehead atoms. The highest BCUT2D eigenvalue weighted by Gasteiger charge is 2.17. The zero-order valence-electron chi connectivity index (χ0n) is 9.17. The molecule has 1 aliphatic heterocycles. The maximum atomic E-state index is 6.13. The van der Waals surface area contributed by atoms with Crippen LogP contribution in [0.25, 0.3) is 0 Å². The smallest absolute Gasteiger partial charge is 0.0818 e. The predicted molar refractivity (Wildman–Crippen MR) is 62.3 cm³/mol. The van der Waals surface area contributed by atoms with E-state index < -0.39 is 0 Å². The standard InChI is InChI=1S/C11H18ClN3/c1-2-15-11(10(12)8-14-15)7-9-5-3-4-6-13-9/h8-9,13H,2-7H2,1H3. The first kappa shape index (κ1) is 11.0. The summed E-state index contributed by atoms with van der Waals surface area (Å²) < 4.78 is 2.00. The fourth-order valence-corrected chi connectivity index (χ4v) is 2.41. The maximum absolute atomic E-state index is 6.13. The molecule has 1 aliphatic rings. The van der Waals surface area contributed by atoms with Crippen LogP contribution in [0.5, 0.6) is 0 Å². The van der Waals surface area contributed by atoms with Crippen molar-refractivity contribution in [3.05, 3.63) is 16.9 Å². The van der Waals surface area contributed by atoms with Gasteiger partial charge in [-0.05, 0) is 26.3 Å². The second kappa shape index (κ2) is 4.99. The highest BCUT2D eigenvalue weighted by Crippen LogP contribution is 2.19.